The van der Waals surface area contributed by atoms with E-state index >= 15 is 0 Å². The summed E-state index contributed by atoms with van der Waals surface area (Å²) in [6.45, 7) is 8.79. The molecule has 33 heavy (non-hydrogen) atoms. The van der Waals surface area contributed by atoms with Crippen molar-refractivity contribution in [1.29, 1.82) is 0 Å². The molecule has 1 aliphatic rings. The monoisotopic (exact) mass is 496 g/mol. The number of nitrogens with one attached hydrogen (secondary N) is 1. The number of anilines is 1. The van der Waals surface area contributed by atoms with Gasteiger partial charge in [0.15, 0.2) is 0 Å². The Morgan fingerprint density at radius 3 is 2.61 bits per heavy atom. The third-order valence-electron chi connectivity index (χ3n) is 5.45. The second kappa shape index (κ2) is 10.8. The highest BCUT2D eigenvalue weighted by Gasteiger charge is 2.37. The minimum absolute atomic E-state index is 0.209. The van der Waals surface area contributed by atoms with E-state index in [1.165, 1.54) is 4.57 Å². The van der Waals surface area contributed by atoms with Crippen LogP contribution in [0.3, 0.4) is 0 Å². The maximum Gasteiger partial charge on any atom is 0.410 e. The van der Waals surface area contributed by atoms with Gasteiger partial charge in [-0.15, -0.1) is 0 Å². The maximum absolute atomic E-state index is 13.2. The van der Waals surface area contributed by atoms with Gasteiger partial charge >= 0.3 is 6.09 Å². The number of hydrogen-bond acceptors (Lipinski definition) is 6. The summed E-state index contributed by atoms with van der Waals surface area (Å²) >= 11 is 12.4. The topological polar surface area (TPSA) is 85.7 Å². The van der Waals surface area contributed by atoms with Gasteiger partial charge in [0.2, 0.25) is 0 Å². The number of aromatic nitrogens is 2. The van der Waals surface area contributed by atoms with Crippen molar-refractivity contribution in [2.45, 2.75) is 52.4 Å². The molecule has 1 unspecified atom stereocenters. The summed E-state index contributed by atoms with van der Waals surface area (Å²) in [5.41, 5.74) is 1.20. The largest absolute Gasteiger partial charge is 0.447 e. The molecule has 0 bridgehead atoms. The predicted molar refractivity (Wildman–Crippen MR) is 130 cm³/mol. The van der Waals surface area contributed by atoms with Crippen LogP contribution in [0.4, 0.5) is 10.6 Å². The van der Waals surface area contributed by atoms with E-state index in [0.29, 0.717) is 53.2 Å². The van der Waals surface area contributed by atoms with Gasteiger partial charge in [0.05, 0.1) is 35.5 Å². The molecule has 10 heteroatoms. The average Bonchev–Trinajstić information content (AvgIpc) is 3.15. The number of amides is 1. The lowest BCUT2D eigenvalue weighted by atomic mass is 10.1. The Hall–Kier alpha value is -2.29. The quantitative estimate of drug-likeness (QED) is 0.612. The van der Waals surface area contributed by atoms with Gasteiger partial charge in [-0.2, -0.15) is 0 Å². The standard InChI is InChI=1S/C23H30Cl2N4O4/c1-6-17-21(27-18-11-29(12-19(18)32-7-2)23(31)33-13(3)4)28(5)22(30)20(26-17)15-9-8-14(24)10-16(15)25/h8-10,13,18-19,27H,6-7,11-12H2,1-5H3/t18?,19-/m0/s1. The molecule has 1 aromatic carbocycles. The first-order chi connectivity index (χ1) is 15.7. The summed E-state index contributed by atoms with van der Waals surface area (Å²) in [5.74, 6) is 0.588. The van der Waals surface area contributed by atoms with E-state index in [4.69, 9.17) is 32.7 Å². The molecular formula is C23H30Cl2N4O4. The Kier molecular flexibility index (Phi) is 8.26. The Morgan fingerprint density at radius 2 is 2.00 bits per heavy atom. The fraction of sp³-hybridized carbons (Fsp3) is 0.522. The van der Waals surface area contributed by atoms with Gasteiger partial charge in [0, 0.05) is 30.8 Å². The molecular weight excluding hydrogens is 467 g/mol. The van der Waals surface area contributed by atoms with Crippen molar-refractivity contribution in [3.8, 4) is 11.3 Å². The highest BCUT2D eigenvalue weighted by atomic mass is 35.5. The lowest BCUT2D eigenvalue weighted by Crippen LogP contribution is -2.38. The summed E-state index contributed by atoms with van der Waals surface area (Å²) in [7, 11) is 1.69. The summed E-state index contributed by atoms with van der Waals surface area (Å²) in [5, 5.41) is 4.26. The van der Waals surface area contributed by atoms with E-state index < -0.39 is 0 Å². The number of aryl methyl sites for hydroxylation is 1. The molecule has 0 aliphatic carbocycles. The summed E-state index contributed by atoms with van der Waals surface area (Å²) in [6, 6.07) is 4.74. The summed E-state index contributed by atoms with van der Waals surface area (Å²) in [4.78, 5) is 31.9. The van der Waals surface area contributed by atoms with Crippen LogP contribution in [-0.2, 0) is 22.9 Å². The van der Waals surface area contributed by atoms with E-state index in [0.717, 1.165) is 0 Å². The number of ether oxygens (including phenoxy) is 2. The Labute approximate surface area is 203 Å². The molecule has 2 heterocycles. The summed E-state index contributed by atoms with van der Waals surface area (Å²) in [6.07, 6.45) is -0.256. The molecule has 1 amide bonds. The van der Waals surface area contributed by atoms with Gasteiger partial charge < -0.3 is 19.7 Å². The number of halogens is 2. The van der Waals surface area contributed by atoms with Crippen LogP contribution in [0.25, 0.3) is 11.3 Å². The van der Waals surface area contributed by atoms with Crippen LogP contribution in [0.15, 0.2) is 23.0 Å². The Morgan fingerprint density at radius 1 is 1.27 bits per heavy atom. The molecule has 3 rings (SSSR count). The van der Waals surface area contributed by atoms with Crippen molar-refractivity contribution in [3.05, 3.63) is 44.3 Å². The fourth-order valence-electron chi connectivity index (χ4n) is 3.87. The first-order valence-corrected chi connectivity index (χ1v) is 11.8. The van der Waals surface area contributed by atoms with Crippen molar-refractivity contribution >= 4 is 35.1 Å². The Balaban J connectivity index is 1.94. The zero-order valence-electron chi connectivity index (χ0n) is 19.5. The van der Waals surface area contributed by atoms with Crippen LogP contribution < -0.4 is 10.9 Å². The van der Waals surface area contributed by atoms with Crippen LogP contribution in [-0.4, -0.2) is 58.5 Å². The van der Waals surface area contributed by atoms with Gasteiger partial charge in [-0.05, 0) is 45.4 Å². The molecule has 1 aliphatic heterocycles. The van der Waals surface area contributed by atoms with Gasteiger partial charge in [0.1, 0.15) is 11.5 Å². The number of benzene rings is 1. The van der Waals surface area contributed by atoms with Crippen LogP contribution >= 0.6 is 23.2 Å². The molecule has 0 spiro atoms. The van der Waals surface area contributed by atoms with Gasteiger partial charge in [-0.1, -0.05) is 30.1 Å². The maximum atomic E-state index is 13.2. The molecule has 2 atom stereocenters. The lowest BCUT2D eigenvalue weighted by Gasteiger charge is -2.24. The van der Waals surface area contributed by atoms with Crippen LogP contribution in [0.1, 0.15) is 33.4 Å². The zero-order valence-corrected chi connectivity index (χ0v) is 21.0. The van der Waals surface area contributed by atoms with Gasteiger partial charge in [-0.25, -0.2) is 9.78 Å². The third-order valence-corrected chi connectivity index (χ3v) is 6.00. The zero-order chi connectivity index (χ0) is 24.3. The van der Waals surface area contributed by atoms with Crippen LogP contribution in [0.5, 0.6) is 0 Å². The first kappa shape index (κ1) is 25.3. The van der Waals surface area contributed by atoms with Crippen LogP contribution in [0, 0.1) is 0 Å². The predicted octanol–water partition coefficient (Wildman–Crippen LogP) is 4.36. The molecule has 1 saturated heterocycles. The van der Waals surface area contributed by atoms with E-state index in [-0.39, 0.29) is 35.6 Å². The molecule has 0 radical (unpaired) electrons. The fourth-order valence-corrected chi connectivity index (χ4v) is 4.37. The van der Waals surface area contributed by atoms with Crippen molar-refractivity contribution in [2.75, 3.05) is 25.0 Å². The molecule has 1 aromatic heterocycles. The number of carbonyl (C=O) groups excluding carboxylic acids is 1. The van der Waals surface area contributed by atoms with Crippen LogP contribution in [0.2, 0.25) is 10.0 Å². The SMILES string of the molecule is CCO[C@H]1CN(C(=O)OC(C)C)CC1Nc1c(CC)nc(-c2ccc(Cl)cc2Cl)c(=O)n1C. The highest BCUT2D eigenvalue weighted by Crippen LogP contribution is 2.29. The van der Waals surface area contributed by atoms with Crippen molar-refractivity contribution < 1.29 is 14.3 Å². The number of hydrogen-bond donors (Lipinski definition) is 1. The minimum atomic E-state index is -0.380. The van der Waals surface area contributed by atoms with Gasteiger partial charge in [0.25, 0.3) is 5.56 Å². The number of nitrogens with zero attached hydrogens (tertiary/aromatic N) is 3. The molecule has 0 saturated carbocycles. The first-order valence-electron chi connectivity index (χ1n) is 11.0. The lowest BCUT2D eigenvalue weighted by molar-refractivity contribution is 0.0534. The number of carbonyl (C=O) groups is 1. The van der Waals surface area contributed by atoms with E-state index in [9.17, 15) is 9.59 Å². The second-order valence-corrected chi connectivity index (χ2v) is 9.02. The Bertz CT molecular complexity index is 1070. The molecule has 8 nitrogen and oxygen atoms in total. The van der Waals surface area contributed by atoms with E-state index in [1.807, 2.05) is 27.7 Å². The number of rotatable bonds is 7. The highest BCUT2D eigenvalue weighted by molar-refractivity contribution is 6.36. The van der Waals surface area contributed by atoms with Crippen molar-refractivity contribution in [2.24, 2.45) is 7.05 Å². The van der Waals surface area contributed by atoms with Crippen molar-refractivity contribution in [3.63, 3.8) is 0 Å². The second-order valence-electron chi connectivity index (χ2n) is 8.18. The summed E-state index contributed by atoms with van der Waals surface area (Å²) < 4.78 is 12.8. The average molecular weight is 497 g/mol. The van der Waals surface area contributed by atoms with E-state index in [2.05, 4.69) is 10.3 Å². The molecule has 180 valence electrons. The molecule has 1 fully saturated rings. The normalized spacial score (nSPS) is 18.1. The molecule has 1 N–H and O–H groups in total. The minimum Gasteiger partial charge on any atom is -0.447 e. The van der Waals surface area contributed by atoms with Gasteiger partial charge in [-0.3, -0.25) is 9.36 Å². The smallest absolute Gasteiger partial charge is 0.410 e. The number of likely N-dealkylation sites (tertiary alicyclic amines) is 1. The van der Waals surface area contributed by atoms with Crippen molar-refractivity contribution in [1.82, 2.24) is 14.5 Å². The molecule has 2 aromatic rings. The van der Waals surface area contributed by atoms with E-state index in [1.54, 1.807) is 30.1 Å². The third kappa shape index (κ3) is 5.62.